The van der Waals surface area contributed by atoms with E-state index >= 15 is 0 Å². The number of ether oxygens (including phenoxy) is 1. The number of phenolic OH excluding ortho intramolecular Hbond substituents is 1. The number of hydrogen-bond donors (Lipinski definition) is 2. The summed E-state index contributed by atoms with van der Waals surface area (Å²) in [5.41, 5.74) is 5.40. The highest BCUT2D eigenvalue weighted by Gasteiger charge is 2.41. The fourth-order valence-corrected chi connectivity index (χ4v) is 4.64. The number of allylic oxidation sites excluding steroid dienone is 2. The number of hydrogen-bond acceptors (Lipinski definition) is 6. The Morgan fingerprint density at radius 3 is 2.70 bits per heavy atom. The zero-order valence-corrected chi connectivity index (χ0v) is 16.8. The van der Waals surface area contributed by atoms with E-state index < -0.39 is 0 Å². The van der Waals surface area contributed by atoms with Crippen molar-refractivity contribution >= 4 is 11.7 Å². The van der Waals surface area contributed by atoms with Gasteiger partial charge < -0.3 is 19.7 Å². The van der Waals surface area contributed by atoms with Crippen LogP contribution < -0.4 is 10.1 Å². The van der Waals surface area contributed by atoms with Crippen molar-refractivity contribution in [3.8, 4) is 11.5 Å². The Balaban J connectivity index is 1.59. The SMILES string of the molecule is COc1cc([C@@H]2CC(=O)C3=C(C2)Nc2onc(C)c2[C@@H]3c2ccccc2)ccc1O. The first-order valence-corrected chi connectivity index (χ1v) is 9.98. The van der Waals surface area contributed by atoms with Gasteiger partial charge >= 0.3 is 0 Å². The first-order valence-electron chi connectivity index (χ1n) is 9.98. The lowest BCUT2D eigenvalue weighted by molar-refractivity contribution is -0.116. The Bertz CT molecular complexity index is 1160. The van der Waals surface area contributed by atoms with Gasteiger partial charge in [-0.05, 0) is 42.5 Å². The average Bonchev–Trinajstić information content (AvgIpc) is 3.13. The number of aromatic nitrogens is 1. The predicted octanol–water partition coefficient (Wildman–Crippen LogP) is 4.66. The van der Waals surface area contributed by atoms with Crippen LogP contribution in [0.5, 0.6) is 11.5 Å². The van der Waals surface area contributed by atoms with Crippen molar-refractivity contribution in [2.24, 2.45) is 0 Å². The van der Waals surface area contributed by atoms with E-state index in [2.05, 4.69) is 10.5 Å². The zero-order chi connectivity index (χ0) is 20.8. The van der Waals surface area contributed by atoms with E-state index in [0.29, 0.717) is 24.5 Å². The summed E-state index contributed by atoms with van der Waals surface area (Å²) in [6.45, 7) is 1.91. The average molecular weight is 402 g/mol. The molecule has 0 amide bonds. The molecule has 2 N–H and O–H groups in total. The van der Waals surface area contributed by atoms with E-state index in [-0.39, 0.29) is 23.4 Å². The largest absolute Gasteiger partial charge is 0.504 e. The highest BCUT2D eigenvalue weighted by Crippen LogP contribution is 2.49. The molecule has 1 aliphatic heterocycles. The van der Waals surface area contributed by atoms with Crippen molar-refractivity contribution < 1.29 is 19.2 Å². The van der Waals surface area contributed by atoms with Crippen molar-refractivity contribution in [3.63, 3.8) is 0 Å². The smallest absolute Gasteiger partial charge is 0.233 e. The first-order chi connectivity index (χ1) is 14.6. The second-order valence-corrected chi connectivity index (χ2v) is 7.83. The summed E-state index contributed by atoms with van der Waals surface area (Å²) in [4.78, 5) is 13.4. The van der Waals surface area contributed by atoms with Gasteiger partial charge in [-0.2, -0.15) is 0 Å². The van der Waals surface area contributed by atoms with Crippen molar-refractivity contribution in [1.29, 1.82) is 0 Å². The van der Waals surface area contributed by atoms with Crippen LogP contribution in [0.1, 0.15) is 47.1 Å². The lowest BCUT2D eigenvalue weighted by Gasteiger charge is -2.34. The maximum Gasteiger partial charge on any atom is 0.233 e. The number of aromatic hydroxyl groups is 1. The third kappa shape index (κ3) is 2.87. The first kappa shape index (κ1) is 18.5. The number of ketones is 1. The molecule has 1 aliphatic carbocycles. The van der Waals surface area contributed by atoms with Gasteiger partial charge in [0.15, 0.2) is 17.3 Å². The van der Waals surface area contributed by atoms with Crippen LogP contribution in [0.2, 0.25) is 0 Å². The molecule has 2 atom stereocenters. The Labute approximate surface area is 174 Å². The molecule has 2 aliphatic rings. The van der Waals surface area contributed by atoms with Crippen LogP contribution in [0.4, 0.5) is 5.88 Å². The van der Waals surface area contributed by atoms with E-state index in [1.54, 1.807) is 12.1 Å². The summed E-state index contributed by atoms with van der Waals surface area (Å²) in [5.74, 6) is 1.01. The summed E-state index contributed by atoms with van der Waals surface area (Å²) in [6.07, 6.45) is 1.06. The number of carbonyl (C=O) groups is 1. The molecule has 6 nitrogen and oxygen atoms in total. The molecule has 0 radical (unpaired) electrons. The normalized spacial score (nSPS) is 20.4. The van der Waals surface area contributed by atoms with E-state index in [0.717, 1.165) is 33.7 Å². The van der Waals surface area contributed by atoms with Crippen LogP contribution in [-0.4, -0.2) is 23.2 Å². The van der Waals surface area contributed by atoms with Gasteiger partial charge in [-0.1, -0.05) is 41.6 Å². The molecule has 3 aromatic rings. The number of aryl methyl sites for hydroxylation is 1. The third-order valence-electron chi connectivity index (χ3n) is 6.07. The van der Waals surface area contributed by atoms with Crippen molar-refractivity contribution in [3.05, 3.63) is 82.2 Å². The van der Waals surface area contributed by atoms with Crippen molar-refractivity contribution in [1.82, 2.24) is 5.16 Å². The minimum atomic E-state index is -0.188. The van der Waals surface area contributed by atoms with Crippen molar-refractivity contribution in [2.75, 3.05) is 12.4 Å². The number of rotatable bonds is 3. The molecule has 0 saturated heterocycles. The summed E-state index contributed by atoms with van der Waals surface area (Å²) in [5, 5.41) is 17.4. The van der Waals surface area contributed by atoms with E-state index in [1.807, 2.05) is 43.3 Å². The number of nitrogens with one attached hydrogen (secondary N) is 1. The molecular formula is C24H22N2O4. The number of Topliss-reactive ketones (excluding diaryl/α,β-unsaturated/α-hetero) is 1. The van der Waals surface area contributed by atoms with Crippen LogP contribution in [0.15, 0.2) is 64.3 Å². The van der Waals surface area contributed by atoms with Crippen LogP contribution >= 0.6 is 0 Å². The van der Waals surface area contributed by atoms with Gasteiger partial charge in [-0.15, -0.1) is 0 Å². The molecule has 6 heteroatoms. The Hall–Kier alpha value is -3.54. The molecule has 2 heterocycles. The third-order valence-corrected chi connectivity index (χ3v) is 6.07. The van der Waals surface area contributed by atoms with Crippen LogP contribution in [0.3, 0.4) is 0 Å². The van der Waals surface area contributed by atoms with E-state index in [9.17, 15) is 9.90 Å². The molecule has 0 unspecified atom stereocenters. The molecular weight excluding hydrogens is 380 g/mol. The van der Waals surface area contributed by atoms with Gasteiger partial charge in [0.2, 0.25) is 5.88 Å². The van der Waals surface area contributed by atoms with Gasteiger partial charge in [0.25, 0.3) is 0 Å². The standard InChI is InChI=1S/C24H22N2O4/c1-13-21-22(14-6-4-3-5-7-14)23-17(25-24(21)30-26-13)10-16(11-19(23)28)15-8-9-18(27)20(12-15)29-2/h3-9,12,16,22,25,27H,10-11H2,1-2H3/t16-,22-/m0/s1. The second-order valence-electron chi connectivity index (χ2n) is 7.83. The molecule has 152 valence electrons. The van der Waals surface area contributed by atoms with Crippen molar-refractivity contribution in [2.45, 2.75) is 31.6 Å². The second kappa shape index (κ2) is 7.06. The fraction of sp³-hybridized carbons (Fsp3) is 0.250. The number of benzene rings is 2. The number of methoxy groups -OCH3 is 1. The highest BCUT2D eigenvalue weighted by atomic mass is 16.5. The summed E-state index contributed by atoms with van der Waals surface area (Å²) < 4.78 is 10.8. The van der Waals surface area contributed by atoms with Crippen LogP contribution in [0, 0.1) is 6.92 Å². The molecule has 0 spiro atoms. The number of anilines is 1. The van der Waals surface area contributed by atoms with Gasteiger partial charge in [0.05, 0.1) is 18.4 Å². The summed E-state index contributed by atoms with van der Waals surface area (Å²) >= 11 is 0. The maximum absolute atomic E-state index is 13.4. The number of phenols is 1. The van der Waals surface area contributed by atoms with Crippen LogP contribution in [0.25, 0.3) is 0 Å². The summed E-state index contributed by atoms with van der Waals surface area (Å²) in [7, 11) is 1.52. The molecule has 0 bridgehead atoms. The Morgan fingerprint density at radius 1 is 1.13 bits per heavy atom. The van der Waals surface area contributed by atoms with Gasteiger partial charge in [-0.3, -0.25) is 4.79 Å². The lowest BCUT2D eigenvalue weighted by Crippen LogP contribution is -2.29. The molecule has 0 fully saturated rings. The van der Waals surface area contributed by atoms with Crippen LogP contribution in [-0.2, 0) is 4.79 Å². The van der Waals surface area contributed by atoms with E-state index in [4.69, 9.17) is 9.26 Å². The fourth-order valence-electron chi connectivity index (χ4n) is 4.64. The topological polar surface area (TPSA) is 84.6 Å². The molecule has 5 rings (SSSR count). The lowest BCUT2D eigenvalue weighted by atomic mass is 9.72. The number of carbonyl (C=O) groups excluding carboxylic acids is 1. The molecule has 30 heavy (non-hydrogen) atoms. The monoisotopic (exact) mass is 402 g/mol. The summed E-state index contributed by atoms with van der Waals surface area (Å²) in [6, 6.07) is 15.3. The number of fused-ring (bicyclic) bond motifs is 1. The predicted molar refractivity (Wildman–Crippen MR) is 112 cm³/mol. The van der Waals surface area contributed by atoms with E-state index in [1.165, 1.54) is 7.11 Å². The van der Waals surface area contributed by atoms with Gasteiger partial charge in [-0.25, -0.2) is 0 Å². The van der Waals surface area contributed by atoms with Gasteiger partial charge in [0, 0.05) is 23.6 Å². The Kier molecular flexibility index (Phi) is 4.35. The quantitative estimate of drug-likeness (QED) is 0.663. The highest BCUT2D eigenvalue weighted by molar-refractivity contribution is 6.01. The molecule has 2 aromatic carbocycles. The maximum atomic E-state index is 13.4. The molecule has 1 aromatic heterocycles. The van der Waals surface area contributed by atoms with Gasteiger partial charge in [0.1, 0.15) is 0 Å². The number of nitrogens with zero attached hydrogens (tertiary/aromatic N) is 1. The minimum absolute atomic E-state index is 0.0137. The molecule has 0 saturated carbocycles. The zero-order valence-electron chi connectivity index (χ0n) is 16.8. The minimum Gasteiger partial charge on any atom is -0.504 e. The Morgan fingerprint density at radius 2 is 1.93 bits per heavy atom.